The number of imide groups is 3. The van der Waals surface area contributed by atoms with Gasteiger partial charge in [-0.3, -0.25) is 43.5 Å². The number of rotatable bonds is 16. The number of aliphatic hydroxyl groups is 1. The number of hydrogen-bond donors (Lipinski definition) is 3. The van der Waals surface area contributed by atoms with Crippen molar-refractivity contribution in [1.82, 2.24) is 14.7 Å². The molecule has 3 aromatic rings. The van der Waals surface area contributed by atoms with Gasteiger partial charge < -0.3 is 21.3 Å². The quantitative estimate of drug-likeness (QED) is 0.0917. The molecule has 4 heterocycles. The van der Waals surface area contributed by atoms with E-state index in [1.54, 1.807) is 72.8 Å². The summed E-state index contributed by atoms with van der Waals surface area (Å²) in [4.78, 5) is 76.0. The number of amides is 6. The fourth-order valence-electron chi connectivity index (χ4n) is 12.1. The van der Waals surface area contributed by atoms with Crippen LogP contribution in [0.5, 0.6) is 0 Å². The summed E-state index contributed by atoms with van der Waals surface area (Å²) >= 11 is 0. The molecule has 4 aliphatic carbocycles. The fraction of sp³-hybridized carbons (Fsp3) is 0.619. The largest absolute Gasteiger partial charge is 0.391 e. The van der Waals surface area contributed by atoms with Gasteiger partial charge in [0.05, 0.1) is 71.8 Å². The predicted molar refractivity (Wildman–Crippen MR) is 299 cm³/mol. The van der Waals surface area contributed by atoms with E-state index in [9.17, 15) is 42.7 Å². The van der Waals surface area contributed by atoms with Crippen LogP contribution in [0.2, 0.25) is 0 Å². The molecule has 1 saturated heterocycles. The molecule has 8 aliphatic rings. The number of carbonyl (C=O) groups is 6. The summed E-state index contributed by atoms with van der Waals surface area (Å²) in [5, 5.41) is 10.2. The molecule has 0 aromatic heterocycles. The zero-order chi connectivity index (χ0) is 55.4. The fourth-order valence-corrected chi connectivity index (χ4v) is 12.1. The first-order valence-corrected chi connectivity index (χ1v) is 29.7. The van der Waals surface area contributed by atoms with Gasteiger partial charge >= 0.3 is 0 Å². The molecule has 13 nitrogen and oxygen atoms in total. The Morgan fingerprint density at radius 2 is 0.769 bits per heavy atom. The lowest BCUT2D eigenvalue weighted by atomic mass is 9.85. The van der Waals surface area contributed by atoms with E-state index in [2.05, 4.69) is 0 Å². The van der Waals surface area contributed by atoms with Crippen LogP contribution in [0.4, 0.5) is 8.78 Å². The molecule has 78 heavy (non-hydrogen) atoms. The van der Waals surface area contributed by atoms with Gasteiger partial charge in [-0.15, -0.1) is 0 Å². The third-order valence-electron chi connectivity index (χ3n) is 17.0. The number of carbonyl (C=O) groups excluding carboxylic acids is 6. The summed E-state index contributed by atoms with van der Waals surface area (Å²) in [5.41, 5.74) is 13.5. The number of nitrogens with two attached hydrogens (primary N) is 2. The zero-order valence-electron chi connectivity index (χ0n) is 46.0. The summed E-state index contributed by atoms with van der Waals surface area (Å²) in [7, 11) is 0. The van der Waals surface area contributed by atoms with Gasteiger partial charge in [-0.2, -0.15) is 0 Å². The highest BCUT2D eigenvalue weighted by atomic mass is 19.1. The Morgan fingerprint density at radius 1 is 0.462 bits per heavy atom. The molecule has 0 spiro atoms. The van der Waals surface area contributed by atoms with Crippen LogP contribution in [0.25, 0.3) is 0 Å². The first kappa shape index (κ1) is 60.4. The van der Waals surface area contributed by atoms with Crippen LogP contribution in [0, 0.1) is 17.8 Å². The van der Waals surface area contributed by atoms with E-state index in [4.69, 9.17) is 16.2 Å². The Morgan fingerprint density at radius 3 is 1.09 bits per heavy atom. The lowest BCUT2D eigenvalue weighted by molar-refractivity contribution is 0.0519. The molecule has 5 N–H and O–H groups in total. The Kier molecular flexibility index (Phi) is 24.0. The summed E-state index contributed by atoms with van der Waals surface area (Å²) in [6.07, 6.45) is 28.2. The minimum absolute atomic E-state index is 0.0483. The van der Waals surface area contributed by atoms with E-state index in [-0.39, 0.29) is 61.2 Å². The molecule has 0 radical (unpaired) electrons. The monoisotopic (exact) mass is 1080 g/mol. The molecule has 426 valence electrons. The second-order valence-electron chi connectivity index (χ2n) is 23.0. The van der Waals surface area contributed by atoms with Crippen molar-refractivity contribution in [2.24, 2.45) is 29.2 Å². The van der Waals surface area contributed by atoms with Crippen molar-refractivity contribution in [3.05, 3.63) is 106 Å². The molecule has 4 saturated carbocycles. The number of hydrogen-bond acceptors (Lipinski definition) is 10. The molecular weight excluding hydrogens is 993 g/mol. The Bertz CT molecular complexity index is 2220. The van der Waals surface area contributed by atoms with Crippen LogP contribution in [0.1, 0.15) is 229 Å². The SMILES string of the molecule is NC1CCCCC1.NCC(F)CCC1CCCCC1.O=C1c2ccccc2C(=O)N1CC(F)CCC1CCCCC1.O=C1c2ccccc2C(=O)N1CC(O)CCC1CCCCC1.O=C1c2ccccc2C(=O)N1CC1CO1. The topological polar surface area (TPSA) is 197 Å². The van der Waals surface area contributed by atoms with Gasteiger partial charge in [-0.1, -0.05) is 152 Å². The van der Waals surface area contributed by atoms with Crippen molar-refractivity contribution < 1.29 is 47.4 Å². The number of β-amino-alcohol motifs (C(OH)–C–C–N with tert-alkyl or cyclic N) is 1. The van der Waals surface area contributed by atoms with Crippen molar-refractivity contribution in [2.45, 2.75) is 198 Å². The third kappa shape index (κ3) is 17.6. The van der Waals surface area contributed by atoms with Crippen LogP contribution < -0.4 is 11.5 Å². The lowest BCUT2D eigenvalue weighted by Gasteiger charge is -2.24. The molecule has 3 aromatic carbocycles. The average molecular weight is 1080 g/mol. The normalized spacial score (nSPS) is 21.7. The molecule has 4 atom stereocenters. The van der Waals surface area contributed by atoms with E-state index < -0.39 is 18.4 Å². The van der Waals surface area contributed by atoms with Crippen LogP contribution in [0.3, 0.4) is 0 Å². The Balaban J connectivity index is 0.000000148. The van der Waals surface area contributed by atoms with Crippen molar-refractivity contribution in [3.63, 3.8) is 0 Å². The van der Waals surface area contributed by atoms with Gasteiger partial charge in [0.15, 0.2) is 0 Å². The van der Waals surface area contributed by atoms with Crippen molar-refractivity contribution in [3.8, 4) is 0 Å². The minimum atomic E-state index is -1.12. The minimum Gasteiger partial charge on any atom is -0.391 e. The van der Waals surface area contributed by atoms with Gasteiger partial charge in [0, 0.05) is 12.6 Å². The maximum atomic E-state index is 14.2. The summed E-state index contributed by atoms with van der Waals surface area (Å²) in [6, 6.07) is 21.0. The van der Waals surface area contributed by atoms with Crippen LogP contribution in [-0.4, -0.2) is 119 Å². The molecule has 15 heteroatoms. The van der Waals surface area contributed by atoms with Gasteiger partial charge in [-0.05, 0) is 106 Å². The lowest BCUT2D eigenvalue weighted by Crippen LogP contribution is -2.37. The highest BCUT2D eigenvalue weighted by Gasteiger charge is 2.40. The number of benzene rings is 3. The third-order valence-corrected chi connectivity index (χ3v) is 17.0. The number of alkyl halides is 2. The van der Waals surface area contributed by atoms with Gasteiger partial charge in [0.2, 0.25) is 0 Å². The molecule has 4 aliphatic heterocycles. The van der Waals surface area contributed by atoms with Crippen molar-refractivity contribution in [2.75, 3.05) is 32.8 Å². The van der Waals surface area contributed by atoms with E-state index >= 15 is 0 Å². The molecule has 4 unspecified atom stereocenters. The predicted octanol–water partition coefficient (Wildman–Crippen LogP) is 11.6. The Labute approximate surface area is 461 Å². The first-order chi connectivity index (χ1) is 37.8. The highest BCUT2D eigenvalue weighted by Crippen LogP contribution is 2.32. The van der Waals surface area contributed by atoms with Crippen LogP contribution in [-0.2, 0) is 4.74 Å². The number of aliphatic hydroxyl groups excluding tert-OH is 1. The number of epoxide rings is 1. The zero-order valence-corrected chi connectivity index (χ0v) is 46.0. The maximum absolute atomic E-state index is 14.2. The van der Waals surface area contributed by atoms with Gasteiger partial charge in [0.25, 0.3) is 35.4 Å². The Hall–Kier alpha value is -5.22. The maximum Gasteiger partial charge on any atom is 0.261 e. The number of halogens is 2. The van der Waals surface area contributed by atoms with E-state index in [0.717, 1.165) is 30.1 Å². The summed E-state index contributed by atoms with van der Waals surface area (Å²) in [5.74, 6) is 0.428. The second-order valence-corrected chi connectivity index (χ2v) is 23.0. The summed E-state index contributed by atoms with van der Waals surface area (Å²) in [6.45, 7) is 1.23. The molecular formula is C63H87F2N5O8. The van der Waals surface area contributed by atoms with Gasteiger partial charge in [-0.25, -0.2) is 8.78 Å². The first-order valence-electron chi connectivity index (χ1n) is 29.7. The average Bonchev–Trinajstić information content (AvgIpc) is 4.26. The van der Waals surface area contributed by atoms with Crippen LogP contribution in [0.15, 0.2) is 72.8 Å². The van der Waals surface area contributed by atoms with E-state index in [0.29, 0.717) is 83.7 Å². The van der Waals surface area contributed by atoms with Crippen molar-refractivity contribution in [1.29, 1.82) is 0 Å². The van der Waals surface area contributed by atoms with Crippen LogP contribution >= 0.6 is 0 Å². The summed E-state index contributed by atoms with van der Waals surface area (Å²) < 4.78 is 32.0. The molecule has 5 fully saturated rings. The van der Waals surface area contributed by atoms with E-state index in [1.165, 1.54) is 138 Å². The van der Waals surface area contributed by atoms with Crippen molar-refractivity contribution >= 4 is 35.4 Å². The number of ether oxygens (including phenoxy) is 1. The van der Waals surface area contributed by atoms with E-state index in [1.807, 2.05) is 0 Å². The number of nitrogens with zero attached hydrogens (tertiary/aromatic N) is 3. The molecule has 11 rings (SSSR count). The molecule has 6 amide bonds. The smallest absolute Gasteiger partial charge is 0.261 e. The number of fused-ring (bicyclic) bond motifs is 3. The van der Waals surface area contributed by atoms with Gasteiger partial charge in [0.1, 0.15) is 12.3 Å². The second kappa shape index (κ2) is 31.0. The standard InChI is InChI=1S/C18H22FNO2.C18H23NO3.C11H9NO3.C10H20FN.C6H13N/c19-14(11-10-13-6-2-1-3-7-13)12-20-17(21)15-8-4-5-9-16(15)18(20)22;20-14(11-10-13-6-2-1-3-7-13)12-19-17(21)15-8-4-5-9-16(15)18(19)22;13-10-8-3-1-2-4-9(8)11(14)12(10)5-7-6-15-7;11-10(8-12)7-6-9-4-2-1-3-5-9;7-6-4-2-1-3-5-6/h4-5,8-9,13-14H,1-3,6-7,10-12H2;4-5,8-9,13-14,20H,1-3,6-7,10-12H2;1-4,7H,5-6H2;9-10H,1-8,12H2;6H,1-5,7H2. The highest BCUT2D eigenvalue weighted by molar-refractivity contribution is 6.22. The molecule has 0 bridgehead atoms.